The summed E-state index contributed by atoms with van der Waals surface area (Å²) in [6, 6.07) is 16.4. The molecule has 0 aliphatic heterocycles. The second-order valence-corrected chi connectivity index (χ2v) is 5.98. The molecular formula is C17H15BrN6O. The summed E-state index contributed by atoms with van der Waals surface area (Å²) in [6.07, 6.45) is 1.35. The quantitative estimate of drug-likeness (QED) is 0.491. The summed E-state index contributed by atoms with van der Waals surface area (Å²) >= 11 is 3.41. The van der Waals surface area contributed by atoms with Crippen LogP contribution in [0.1, 0.15) is 10.4 Å². The lowest BCUT2D eigenvalue weighted by Gasteiger charge is -2.13. The van der Waals surface area contributed by atoms with Gasteiger partial charge in [0.05, 0.1) is 0 Å². The number of hydrogen-bond donors (Lipinski definition) is 4. The van der Waals surface area contributed by atoms with Gasteiger partial charge >= 0.3 is 0 Å². The predicted octanol–water partition coefficient (Wildman–Crippen LogP) is 3.32. The Kier molecular flexibility index (Phi) is 5.10. The lowest BCUT2D eigenvalue weighted by Crippen LogP contribution is -2.30. The fraction of sp³-hybridized carbons (Fsp3) is 0. The fourth-order valence-corrected chi connectivity index (χ4v) is 2.47. The Morgan fingerprint density at radius 1 is 1.00 bits per heavy atom. The van der Waals surface area contributed by atoms with Crippen molar-refractivity contribution < 1.29 is 4.79 Å². The number of carbonyl (C=O) groups excluding carboxylic acids is 1. The van der Waals surface area contributed by atoms with Crippen molar-refractivity contribution in [1.29, 1.82) is 0 Å². The minimum Gasteiger partial charge on any atom is -0.393 e. The Bertz CT molecular complexity index is 887. The number of carbonyl (C=O) groups is 1. The minimum atomic E-state index is -0.292. The van der Waals surface area contributed by atoms with Crippen molar-refractivity contribution >= 4 is 44.8 Å². The highest BCUT2D eigenvalue weighted by atomic mass is 79.9. The number of anilines is 4. The number of hydrogen-bond acceptors (Lipinski definition) is 6. The maximum absolute atomic E-state index is 12.1. The van der Waals surface area contributed by atoms with Crippen LogP contribution in [0.5, 0.6) is 0 Å². The van der Waals surface area contributed by atoms with Gasteiger partial charge in [-0.1, -0.05) is 40.2 Å². The highest BCUT2D eigenvalue weighted by Crippen LogP contribution is 2.26. The molecule has 0 atom stereocenters. The van der Waals surface area contributed by atoms with E-state index >= 15 is 0 Å². The molecule has 3 aromatic rings. The molecule has 1 heterocycles. The Labute approximate surface area is 152 Å². The van der Waals surface area contributed by atoms with Gasteiger partial charge in [-0.05, 0) is 30.3 Å². The van der Waals surface area contributed by atoms with Crippen LogP contribution in [0.2, 0.25) is 0 Å². The highest BCUT2D eigenvalue weighted by Gasteiger charge is 2.10. The zero-order valence-corrected chi connectivity index (χ0v) is 14.6. The van der Waals surface area contributed by atoms with Crippen molar-refractivity contribution in [3.63, 3.8) is 0 Å². The molecule has 0 saturated heterocycles. The normalized spacial score (nSPS) is 10.1. The summed E-state index contributed by atoms with van der Waals surface area (Å²) < 4.78 is 0.929. The van der Waals surface area contributed by atoms with Gasteiger partial charge in [-0.15, -0.1) is 0 Å². The second-order valence-electron chi connectivity index (χ2n) is 5.07. The molecule has 0 aliphatic carbocycles. The number of hydrazine groups is 1. The van der Waals surface area contributed by atoms with Gasteiger partial charge in [0.1, 0.15) is 12.0 Å². The van der Waals surface area contributed by atoms with Crippen LogP contribution >= 0.6 is 15.9 Å². The third-order valence-electron chi connectivity index (χ3n) is 3.30. The lowest BCUT2D eigenvalue weighted by molar-refractivity contribution is 0.0962. The Morgan fingerprint density at radius 3 is 2.52 bits per heavy atom. The maximum atomic E-state index is 12.1. The minimum absolute atomic E-state index is 0.288. The van der Waals surface area contributed by atoms with E-state index in [1.807, 2.05) is 30.3 Å². The van der Waals surface area contributed by atoms with Crippen LogP contribution < -0.4 is 21.9 Å². The van der Waals surface area contributed by atoms with Crippen LogP contribution in [0, 0.1) is 0 Å². The van der Waals surface area contributed by atoms with Crippen LogP contribution in [-0.2, 0) is 0 Å². The van der Waals surface area contributed by atoms with Crippen molar-refractivity contribution in [2.24, 2.45) is 0 Å². The standard InChI is InChI=1S/C17H15BrN6O/c18-12-7-4-8-13(9-12)22-15-14(19)16(21-10-20-15)23-24-17(25)11-5-2-1-3-6-11/h1-10H,19H2,(H,24,25)(H2,20,21,22,23). The molecule has 3 rings (SSSR count). The number of nitrogen functional groups attached to an aromatic ring is 1. The van der Waals surface area contributed by atoms with Gasteiger partial charge in [-0.2, -0.15) is 0 Å². The zero-order chi connectivity index (χ0) is 17.6. The van der Waals surface area contributed by atoms with E-state index in [2.05, 4.69) is 42.1 Å². The molecular weight excluding hydrogens is 384 g/mol. The van der Waals surface area contributed by atoms with E-state index in [0.29, 0.717) is 17.2 Å². The predicted molar refractivity (Wildman–Crippen MR) is 101 cm³/mol. The second kappa shape index (κ2) is 7.63. The van der Waals surface area contributed by atoms with Gasteiger partial charge in [-0.3, -0.25) is 15.6 Å². The molecule has 0 spiro atoms. The lowest BCUT2D eigenvalue weighted by atomic mass is 10.2. The zero-order valence-electron chi connectivity index (χ0n) is 13.0. The van der Waals surface area contributed by atoms with E-state index in [9.17, 15) is 4.79 Å². The van der Waals surface area contributed by atoms with E-state index in [4.69, 9.17) is 5.73 Å². The summed E-state index contributed by atoms with van der Waals surface area (Å²) in [5.41, 5.74) is 13.0. The Hall–Kier alpha value is -3.13. The first-order valence-electron chi connectivity index (χ1n) is 7.38. The third-order valence-corrected chi connectivity index (χ3v) is 3.79. The number of halogens is 1. The van der Waals surface area contributed by atoms with Gasteiger partial charge in [0, 0.05) is 15.7 Å². The average molecular weight is 399 g/mol. The number of nitrogens with two attached hydrogens (primary N) is 1. The van der Waals surface area contributed by atoms with Gasteiger partial charge in [0.2, 0.25) is 0 Å². The van der Waals surface area contributed by atoms with Gasteiger partial charge < -0.3 is 11.1 Å². The Balaban J connectivity index is 1.72. The van der Waals surface area contributed by atoms with E-state index in [1.54, 1.807) is 24.3 Å². The van der Waals surface area contributed by atoms with Crippen molar-refractivity contribution in [2.75, 3.05) is 16.5 Å². The molecule has 0 fully saturated rings. The van der Waals surface area contributed by atoms with E-state index in [0.717, 1.165) is 10.2 Å². The summed E-state index contributed by atoms with van der Waals surface area (Å²) in [7, 11) is 0. The smallest absolute Gasteiger partial charge is 0.269 e. The number of nitrogens with zero attached hydrogens (tertiary/aromatic N) is 2. The molecule has 0 unspecified atom stereocenters. The maximum Gasteiger partial charge on any atom is 0.269 e. The molecule has 8 heteroatoms. The first kappa shape index (κ1) is 16.7. The summed E-state index contributed by atoms with van der Waals surface area (Å²) in [6.45, 7) is 0. The monoisotopic (exact) mass is 398 g/mol. The molecule has 0 aliphatic rings. The van der Waals surface area contributed by atoms with Crippen molar-refractivity contribution in [3.8, 4) is 0 Å². The molecule has 1 aromatic heterocycles. The van der Waals surface area contributed by atoms with Crippen LogP contribution in [0.25, 0.3) is 0 Å². The van der Waals surface area contributed by atoms with E-state index < -0.39 is 0 Å². The molecule has 0 saturated carbocycles. The molecule has 2 aromatic carbocycles. The van der Waals surface area contributed by atoms with Crippen LogP contribution in [0.15, 0.2) is 65.4 Å². The molecule has 0 bridgehead atoms. The average Bonchev–Trinajstić information content (AvgIpc) is 2.63. The first-order chi connectivity index (χ1) is 12.1. The molecule has 7 nitrogen and oxygen atoms in total. The third kappa shape index (κ3) is 4.24. The van der Waals surface area contributed by atoms with Crippen LogP contribution in [0.3, 0.4) is 0 Å². The largest absolute Gasteiger partial charge is 0.393 e. The Morgan fingerprint density at radius 2 is 1.76 bits per heavy atom. The molecule has 126 valence electrons. The van der Waals surface area contributed by atoms with Gasteiger partial charge in [0.25, 0.3) is 5.91 Å². The molecule has 0 radical (unpaired) electrons. The summed E-state index contributed by atoms with van der Waals surface area (Å²) in [5, 5.41) is 3.11. The van der Waals surface area contributed by atoms with Crippen molar-refractivity contribution in [1.82, 2.24) is 15.4 Å². The number of benzene rings is 2. The molecule has 25 heavy (non-hydrogen) atoms. The summed E-state index contributed by atoms with van der Waals surface area (Å²) in [4.78, 5) is 20.3. The van der Waals surface area contributed by atoms with E-state index in [-0.39, 0.29) is 11.6 Å². The van der Waals surface area contributed by atoms with Gasteiger partial charge in [-0.25, -0.2) is 9.97 Å². The molecule has 1 amide bonds. The van der Waals surface area contributed by atoms with E-state index in [1.165, 1.54) is 6.33 Å². The topological polar surface area (TPSA) is 105 Å². The van der Waals surface area contributed by atoms with Crippen molar-refractivity contribution in [2.45, 2.75) is 0 Å². The van der Waals surface area contributed by atoms with Crippen LogP contribution in [-0.4, -0.2) is 15.9 Å². The van der Waals surface area contributed by atoms with Crippen LogP contribution in [0.4, 0.5) is 23.0 Å². The van der Waals surface area contributed by atoms with Gasteiger partial charge in [0.15, 0.2) is 11.6 Å². The first-order valence-corrected chi connectivity index (χ1v) is 8.17. The number of amides is 1. The molecule has 5 N–H and O–H groups in total. The summed E-state index contributed by atoms with van der Waals surface area (Å²) in [5.74, 6) is 0.446. The SMILES string of the molecule is Nc1c(NNC(=O)c2ccccc2)ncnc1Nc1cccc(Br)c1. The number of nitrogens with one attached hydrogen (secondary N) is 3. The highest BCUT2D eigenvalue weighted by molar-refractivity contribution is 9.10. The number of aromatic nitrogens is 2. The van der Waals surface area contributed by atoms with Crippen molar-refractivity contribution in [3.05, 3.63) is 71.0 Å². The fourth-order valence-electron chi connectivity index (χ4n) is 2.08. The number of rotatable bonds is 5.